The number of fused-ring (bicyclic) bond motifs is 4. The number of halogens is 2. The molecule has 0 radical (unpaired) electrons. The number of nitrogens with one attached hydrogen (secondary N) is 1. The van der Waals surface area contributed by atoms with Gasteiger partial charge in [-0.2, -0.15) is 0 Å². The van der Waals surface area contributed by atoms with E-state index < -0.39 is 5.82 Å². The van der Waals surface area contributed by atoms with E-state index in [1.54, 1.807) is 0 Å². The van der Waals surface area contributed by atoms with E-state index in [0.29, 0.717) is 12.1 Å². The molecule has 2 aliphatic rings. The van der Waals surface area contributed by atoms with E-state index in [2.05, 4.69) is 39.7 Å². The van der Waals surface area contributed by atoms with Crippen molar-refractivity contribution in [3.8, 4) is 5.82 Å². The molecule has 1 saturated heterocycles. The first kappa shape index (κ1) is 19.2. The summed E-state index contributed by atoms with van der Waals surface area (Å²) in [5, 5.41) is 3.74. The zero-order chi connectivity index (χ0) is 20.9. The van der Waals surface area contributed by atoms with Gasteiger partial charge in [0.15, 0.2) is 5.82 Å². The standard InChI is InChI=1S/C23H25F2N5/c1-15(2)21-27-13-20-23(28-19-4-3-9-26-22(19)30(20)21)7-10-29(11-8-23)14-16-12-17(24)5-6-18(16)25/h3-6,9,12-13,15,28H,7-8,10-11,14H2,1-2H3. The van der Waals surface area contributed by atoms with Crippen LogP contribution in [0.5, 0.6) is 0 Å². The number of likely N-dealkylation sites (tertiary alicyclic amines) is 1. The second-order valence-corrected chi connectivity index (χ2v) is 8.59. The summed E-state index contributed by atoms with van der Waals surface area (Å²) in [6.45, 7) is 6.25. The van der Waals surface area contributed by atoms with Gasteiger partial charge in [-0.25, -0.2) is 18.7 Å². The Bertz CT molecular complexity index is 1080. The molecule has 0 atom stereocenters. The minimum Gasteiger partial charge on any atom is -0.371 e. The monoisotopic (exact) mass is 409 g/mol. The quantitative estimate of drug-likeness (QED) is 0.688. The van der Waals surface area contributed by atoms with Gasteiger partial charge in [-0.05, 0) is 43.2 Å². The molecule has 4 heterocycles. The Morgan fingerprint density at radius 3 is 2.70 bits per heavy atom. The molecule has 0 amide bonds. The zero-order valence-corrected chi connectivity index (χ0v) is 17.2. The van der Waals surface area contributed by atoms with Crippen LogP contribution in [0.4, 0.5) is 14.5 Å². The van der Waals surface area contributed by atoms with Gasteiger partial charge >= 0.3 is 0 Å². The molecule has 156 valence electrons. The number of piperidine rings is 1. The van der Waals surface area contributed by atoms with Gasteiger partial charge in [0, 0.05) is 37.3 Å². The van der Waals surface area contributed by atoms with Crippen molar-refractivity contribution >= 4 is 5.69 Å². The summed E-state index contributed by atoms with van der Waals surface area (Å²) < 4.78 is 29.8. The summed E-state index contributed by atoms with van der Waals surface area (Å²) in [7, 11) is 0. The van der Waals surface area contributed by atoms with E-state index in [-0.39, 0.29) is 17.3 Å². The average Bonchev–Trinajstić information content (AvgIpc) is 3.19. The Morgan fingerprint density at radius 2 is 1.93 bits per heavy atom. The first-order chi connectivity index (χ1) is 14.5. The molecule has 1 aromatic carbocycles. The van der Waals surface area contributed by atoms with Crippen LogP contribution in [0.2, 0.25) is 0 Å². The van der Waals surface area contributed by atoms with E-state index >= 15 is 0 Å². The number of anilines is 1. The maximum Gasteiger partial charge on any atom is 0.161 e. The maximum absolute atomic E-state index is 14.1. The van der Waals surface area contributed by atoms with Crippen molar-refractivity contribution in [2.75, 3.05) is 18.4 Å². The lowest BCUT2D eigenvalue weighted by Gasteiger charge is -2.45. The molecular weight excluding hydrogens is 384 g/mol. The van der Waals surface area contributed by atoms with Crippen LogP contribution in [-0.2, 0) is 12.1 Å². The highest BCUT2D eigenvalue weighted by molar-refractivity contribution is 5.63. The van der Waals surface area contributed by atoms with Gasteiger partial charge < -0.3 is 5.32 Å². The normalized spacial score (nSPS) is 17.6. The number of nitrogens with zero attached hydrogens (tertiary/aromatic N) is 4. The Morgan fingerprint density at radius 1 is 1.13 bits per heavy atom. The molecular formula is C23H25F2N5. The van der Waals surface area contributed by atoms with Crippen molar-refractivity contribution in [3.63, 3.8) is 0 Å². The first-order valence-electron chi connectivity index (χ1n) is 10.4. The van der Waals surface area contributed by atoms with E-state index in [1.807, 2.05) is 18.5 Å². The topological polar surface area (TPSA) is 46.0 Å². The van der Waals surface area contributed by atoms with E-state index in [9.17, 15) is 8.78 Å². The molecule has 7 heteroatoms. The lowest BCUT2D eigenvalue weighted by atomic mass is 9.82. The van der Waals surface area contributed by atoms with Crippen LogP contribution in [0.15, 0.2) is 42.7 Å². The predicted octanol–water partition coefficient (Wildman–Crippen LogP) is 4.59. The van der Waals surface area contributed by atoms with Crippen molar-refractivity contribution in [2.45, 2.75) is 44.7 Å². The minimum atomic E-state index is -0.400. The highest BCUT2D eigenvalue weighted by Gasteiger charge is 2.43. The Labute approximate surface area is 174 Å². The minimum absolute atomic E-state index is 0.243. The molecule has 0 saturated carbocycles. The molecule has 1 N–H and O–H groups in total. The summed E-state index contributed by atoms with van der Waals surface area (Å²) in [6, 6.07) is 7.66. The lowest BCUT2D eigenvalue weighted by Crippen LogP contribution is -2.49. The predicted molar refractivity (Wildman–Crippen MR) is 112 cm³/mol. The number of benzene rings is 1. The largest absolute Gasteiger partial charge is 0.371 e. The van der Waals surface area contributed by atoms with Crippen molar-refractivity contribution in [1.29, 1.82) is 0 Å². The molecule has 30 heavy (non-hydrogen) atoms. The number of hydrogen-bond acceptors (Lipinski definition) is 4. The van der Waals surface area contributed by atoms with Crippen LogP contribution in [0.3, 0.4) is 0 Å². The summed E-state index contributed by atoms with van der Waals surface area (Å²) in [6.07, 6.45) is 5.48. The van der Waals surface area contributed by atoms with Crippen LogP contribution in [-0.4, -0.2) is 32.5 Å². The molecule has 3 aromatic rings. The fourth-order valence-corrected chi connectivity index (χ4v) is 4.71. The van der Waals surface area contributed by atoms with Gasteiger partial charge in [0.05, 0.1) is 23.1 Å². The number of aromatic nitrogens is 3. The third-order valence-electron chi connectivity index (χ3n) is 6.28. The lowest BCUT2D eigenvalue weighted by molar-refractivity contribution is 0.160. The molecule has 0 unspecified atom stereocenters. The first-order valence-corrected chi connectivity index (χ1v) is 10.4. The smallest absolute Gasteiger partial charge is 0.161 e. The Kier molecular flexibility index (Phi) is 4.58. The molecule has 5 rings (SSSR count). The van der Waals surface area contributed by atoms with Crippen LogP contribution in [0.1, 0.15) is 49.7 Å². The molecule has 0 bridgehead atoms. The highest BCUT2D eigenvalue weighted by atomic mass is 19.1. The van der Waals surface area contributed by atoms with E-state index in [0.717, 1.165) is 55.0 Å². The summed E-state index contributed by atoms with van der Waals surface area (Å²) in [5.41, 5.74) is 2.31. The highest BCUT2D eigenvalue weighted by Crippen LogP contribution is 2.44. The molecule has 5 nitrogen and oxygen atoms in total. The van der Waals surface area contributed by atoms with Gasteiger partial charge in [0.1, 0.15) is 17.5 Å². The van der Waals surface area contributed by atoms with Gasteiger partial charge in [0.2, 0.25) is 0 Å². The maximum atomic E-state index is 14.1. The SMILES string of the molecule is CC(C)c1ncc2n1-c1ncccc1NC21CCN(Cc2cc(F)ccc2F)CC1. The Balaban J connectivity index is 1.44. The number of pyridine rings is 1. The number of rotatable bonds is 3. The van der Waals surface area contributed by atoms with Crippen LogP contribution < -0.4 is 5.32 Å². The van der Waals surface area contributed by atoms with Crippen molar-refractivity contribution in [1.82, 2.24) is 19.4 Å². The summed E-state index contributed by atoms with van der Waals surface area (Å²) in [5.74, 6) is 1.42. The number of imidazole rings is 1. The second-order valence-electron chi connectivity index (χ2n) is 8.59. The number of hydrogen-bond donors (Lipinski definition) is 1. The van der Waals surface area contributed by atoms with Crippen LogP contribution in [0.25, 0.3) is 5.82 Å². The second kappa shape index (κ2) is 7.16. The fraction of sp³-hybridized carbons (Fsp3) is 0.391. The van der Waals surface area contributed by atoms with E-state index in [4.69, 9.17) is 4.98 Å². The van der Waals surface area contributed by atoms with E-state index in [1.165, 1.54) is 12.1 Å². The average molecular weight is 409 g/mol. The van der Waals surface area contributed by atoms with Gasteiger partial charge in [-0.1, -0.05) is 13.8 Å². The zero-order valence-electron chi connectivity index (χ0n) is 17.2. The van der Waals surface area contributed by atoms with Crippen molar-refractivity contribution < 1.29 is 8.78 Å². The molecule has 2 aromatic heterocycles. The van der Waals surface area contributed by atoms with Gasteiger partial charge in [-0.15, -0.1) is 0 Å². The van der Waals surface area contributed by atoms with Gasteiger partial charge in [-0.3, -0.25) is 9.47 Å². The van der Waals surface area contributed by atoms with Crippen LogP contribution in [0, 0.1) is 11.6 Å². The Hall–Kier alpha value is -2.80. The van der Waals surface area contributed by atoms with Crippen LogP contribution >= 0.6 is 0 Å². The molecule has 1 spiro atoms. The molecule has 0 aliphatic carbocycles. The summed E-state index contributed by atoms with van der Waals surface area (Å²) in [4.78, 5) is 11.5. The fourth-order valence-electron chi connectivity index (χ4n) is 4.71. The summed E-state index contributed by atoms with van der Waals surface area (Å²) >= 11 is 0. The van der Waals surface area contributed by atoms with Gasteiger partial charge in [0.25, 0.3) is 0 Å². The molecule has 1 fully saturated rings. The van der Waals surface area contributed by atoms with Crippen molar-refractivity contribution in [3.05, 3.63) is 71.4 Å². The molecule has 2 aliphatic heterocycles. The third kappa shape index (κ3) is 3.08. The van der Waals surface area contributed by atoms with Crippen molar-refractivity contribution in [2.24, 2.45) is 0 Å². The third-order valence-corrected chi connectivity index (χ3v) is 6.28.